The molecule has 1 saturated heterocycles. The van der Waals surface area contributed by atoms with E-state index in [1.807, 2.05) is 51.2 Å². The van der Waals surface area contributed by atoms with Crippen LogP contribution >= 0.6 is 11.6 Å². The largest absolute Gasteiger partial charge is 0.402 e. The Labute approximate surface area is 191 Å². The lowest BCUT2D eigenvalue weighted by molar-refractivity contribution is 0.783. The Morgan fingerprint density at radius 2 is 1.97 bits per heavy atom. The smallest absolute Gasteiger partial charge is 0.201 e. The first-order valence-corrected chi connectivity index (χ1v) is 11.0. The zero-order valence-electron chi connectivity index (χ0n) is 18.3. The third kappa shape index (κ3) is 3.31. The van der Waals surface area contributed by atoms with Gasteiger partial charge >= 0.3 is 0 Å². The number of nitrogens with zero attached hydrogens (tertiary/aromatic N) is 6. The summed E-state index contributed by atoms with van der Waals surface area (Å²) >= 11 is 6.19. The average Bonchev–Trinajstić information content (AvgIpc) is 3.45. The number of halogens is 1. The first-order valence-electron chi connectivity index (χ1n) is 10.6. The highest BCUT2D eigenvalue weighted by Gasteiger charge is 2.42. The molecule has 9 heteroatoms. The molecule has 3 aromatic rings. The number of hydrogen-bond acceptors (Lipinski definition) is 7. The van der Waals surface area contributed by atoms with Crippen molar-refractivity contribution in [3.8, 4) is 0 Å². The molecule has 1 aliphatic heterocycles. The molecule has 1 aromatic carbocycles. The summed E-state index contributed by atoms with van der Waals surface area (Å²) in [6, 6.07) is 9.85. The van der Waals surface area contributed by atoms with Crippen molar-refractivity contribution in [1.82, 2.24) is 19.8 Å². The second-order valence-corrected chi connectivity index (χ2v) is 8.66. The van der Waals surface area contributed by atoms with Gasteiger partial charge in [-0.25, -0.2) is 0 Å². The fourth-order valence-electron chi connectivity index (χ4n) is 4.12. The number of fused-ring (bicyclic) bond motifs is 1. The minimum absolute atomic E-state index is 0.228. The van der Waals surface area contributed by atoms with E-state index >= 15 is 0 Å². The predicted octanol–water partition coefficient (Wildman–Crippen LogP) is 4.04. The molecule has 0 spiro atoms. The first-order chi connectivity index (χ1) is 15.4. The van der Waals surface area contributed by atoms with Crippen LogP contribution in [0.2, 0.25) is 5.02 Å². The summed E-state index contributed by atoms with van der Waals surface area (Å²) in [5.41, 5.74) is 12.3. The van der Waals surface area contributed by atoms with Crippen LogP contribution in [-0.4, -0.2) is 38.6 Å². The second kappa shape index (κ2) is 7.63. The van der Waals surface area contributed by atoms with E-state index in [0.717, 1.165) is 41.1 Å². The molecule has 3 N–H and O–H groups in total. The highest BCUT2D eigenvalue weighted by molar-refractivity contribution is 6.30. The number of nitrogens with one attached hydrogen (secondary N) is 1. The van der Waals surface area contributed by atoms with Crippen molar-refractivity contribution in [2.45, 2.75) is 38.8 Å². The number of aryl methyl sites for hydroxylation is 1. The maximum atomic E-state index is 6.45. The van der Waals surface area contributed by atoms with E-state index in [9.17, 15) is 0 Å². The Morgan fingerprint density at radius 1 is 1.25 bits per heavy atom. The van der Waals surface area contributed by atoms with Gasteiger partial charge in [0.25, 0.3) is 0 Å². The van der Waals surface area contributed by atoms with Gasteiger partial charge in [0.2, 0.25) is 5.65 Å². The normalized spacial score (nSPS) is 21.6. The minimum atomic E-state index is -0.228. The fourth-order valence-corrected chi connectivity index (χ4v) is 4.25. The molecule has 1 atom stereocenters. The lowest BCUT2D eigenvalue weighted by Gasteiger charge is -2.27. The molecule has 3 heterocycles. The third-order valence-corrected chi connectivity index (χ3v) is 6.10. The number of hydrogen-bond donors (Lipinski definition) is 2. The van der Waals surface area contributed by atoms with Gasteiger partial charge < -0.3 is 16.0 Å². The lowest BCUT2D eigenvalue weighted by Crippen LogP contribution is -2.24. The van der Waals surface area contributed by atoms with Crippen LogP contribution in [0, 0.1) is 6.92 Å². The minimum Gasteiger partial charge on any atom is -0.402 e. The molecule has 2 aromatic heterocycles. The van der Waals surface area contributed by atoms with Crippen LogP contribution in [0.4, 0.5) is 11.5 Å². The van der Waals surface area contributed by atoms with Gasteiger partial charge in [-0.2, -0.15) is 4.52 Å². The van der Waals surface area contributed by atoms with Crippen molar-refractivity contribution < 1.29 is 0 Å². The number of nitrogens with two attached hydrogens (primary N) is 1. The zero-order chi connectivity index (χ0) is 22.6. The molecule has 0 bridgehead atoms. The van der Waals surface area contributed by atoms with E-state index in [4.69, 9.17) is 27.4 Å². The van der Waals surface area contributed by atoms with Crippen LogP contribution in [0.25, 0.3) is 5.65 Å². The Hall–Kier alpha value is -3.39. The lowest BCUT2D eigenvalue weighted by atomic mass is 9.96. The number of anilines is 2. The van der Waals surface area contributed by atoms with Gasteiger partial charge in [0.1, 0.15) is 0 Å². The van der Waals surface area contributed by atoms with Crippen LogP contribution in [0.15, 0.2) is 58.9 Å². The molecule has 8 nitrogen and oxygen atoms in total. The summed E-state index contributed by atoms with van der Waals surface area (Å²) in [5.74, 6) is 1.40. The van der Waals surface area contributed by atoms with Crippen LogP contribution in [-0.2, 0) is 0 Å². The Balaban J connectivity index is 1.75. The highest BCUT2D eigenvalue weighted by Crippen LogP contribution is 2.45. The maximum absolute atomic E-state index is 6.45. The zero-order valence-corrected chi connectivity index (χ0v) is 19.1. The molecule has 1 saturated carbocycles. The Morgan fingerprint density at radius 3 is 2.59 bits per heavy atom. The standard InChI is InChI=1S/C23H25ClN8/c1-12(25)20-21(27-17-9-10-17)13(2)31(22(20)15-5-7-16(24)8-6-15)19-11-18(26-4)23-29-28-14(3)32(23)30-19/h5-8,11,17,22,26H,2,9-10,25H2,1,3-4H3. The Kier molecular flexibility index (Phi) is 4.89. The molecule has 164 valence electrons. The SMILES string of the molecule is C=C1C(=NC2CC2)C(=C(C)N)C(c2ccc(Cl)cc2)N1c1cc(NC)c2nnc(C)n2n1. The van der Waals surface area contributed by atoms with Gasteiger partial charge in [0.05, 0.1) is 29.2 Å². The number of allylic oxidation sites excluding steroid dienone is 2. The Bertz CT molecular complexity index is 1280. The molecule has 32 heavy (non-hydrogen) atoms. The monoisotopic (exact) mass is 448 g/mol. The van der Waals surface area contributed by atoms with Crippen molar-refractivity contribution in [3.05, 3.63) is 70.3 Å². The molecule has 2 fully saturated rings. The summed E-state index contributed by atoms with van der Waals surface area (Å²) in [4.78, 5) is 7.08. The van der Waals surface area contributed by atoms with Crippen LogP contribution < -0.4 is 16.0 Å². The first kappa shape index (κ1) is 20.5. The van der Waals surface area contributed by atoms with Gasteiger partial charge in [-0.1, -0.05) is 30.3 Å². The van der Waals surface area contributed by atoms with Gasteiger partial charge in [-0.05, 0) is 44.4 Å². The molecule has 5 rings (SSSR count). The average molecular weight is 449 g/mol. The van der Waals surface area contributed by atoms with Crippen molar-refractivity contribution in [1.29, 1.82) is 0 Å². The molecule has 1 unspecified atom stereocenters. The highest BCUT2D eigenvalue weighted by atomic mass is 35.5. The van der Waals surface area contributed by atoms with E-state index in [1.54, 1.807) is 4.52 Å². The molecule has 0 amide bonds. The van der Waals surface area contributed by atoms with E-state index in [2.05, 4.69) is 27.0 Å². The van der Waals surface area contributed by atoms with Crippen molar-refractivity contribution in [3.63, 3.8) is 0 Å². The van der Waals surface area contributed by atoms with Crippen molar-refractivity contribution in [2.24, 2.45) is 10.7 Å². The quantitative estimate of drug-likeness (QED) is 0.625. The second-order valence-electron chi connectivity index (χ2n) is 8.23. The van der Waals surface area contributed by atoms with Crippen molar-refractivity contribution >= 4 is 34.5 Å². The summed E-state index contributed by atoms with van der Waals surface area (Å²) in [6.07, 6.45) is 2.18. The summed E-state index contributed by atoms with van der Waals surface area (Å²) in [6.45, 7) is 8.21. The van der Waals surface area contributed by atoms with Crippen LogP contribution in [0.5, 0.6) is 0 Å². The van der Waals surface area contributed by atoms with E-state index in [1.165, 1.54) is 0 Å². The molecule has 0 radical (unpaired) electrons. The molecular weight excluding hydrogens is 424 g/mol. The summed E-state index contributed by atoms with van der Waals surface area (Å²) in [7, 11) is 1.86. The molecule has 2 aliphatic rings. The number of aliphatic imine (C=N–C) groups is 1. The fraction of sp³-hybridized carbons (Fsp3) is 0.304. The molecule has 1 aliphatic carbocycles. The van der Waals surface area contributed by atoms with Crippen molar-refractivity contribution in [2.75, 3.05) is 17.3 Å². The van der Waals surface area contributed by atoms with Gasteiger partial charge in [0.15, 0.2) is 11.6 Å². The van der Waals surface area contributed by atoms with Gasteiger partial charge in [0, 0.05) is 29.4 Å². The van der Waals surface area contributed by atoms with Crippen LogP contribution in [0.3, 0.4) is 0 Å². The van der Waals surface area contributed by atoms with E-state index in [-0.39, 0.29) is 6.04 Å². The van der Waals surface area contributed by atoms with E-state index in [0.29, 0.717) is 34.1 Å². The van der Waals surface area contributed by atoms with Crippen LogP contribution in [0.1, 0.15) is 37.2 Å². The topological polar surface area (TPSA) is 96.7 Å². The van der Waals surface area contributed by atoms with E-state index < -0.39 is 0 Å². The summed E-state index contributed by atoms with van der Waals surface area (Å²) < 4.78 is 1.74. The summed E-state index contributed by atoms with van der Waals surface area (Å²) in [5, 5.41) is 17.2. The molecular formula is C23H25ClN8. The third-order valence-electron chi connectivity index (χ3n) is 5.85. The van der Waals surface area contributed by atoms with Gasteiger partial charge in [-0.3, -0.25) is 4.99 Å². The number of benzene rings is 1. The number of rotatable bonds is 4. The predicted molar refractivity (Wildman–Crippen MR) is 128 cm³/mol. The number of aromatic nitrogens is 4. The maximum Gasteiger partial charge on any atom is 0.201 e. The van der Waals surface area contributed by atoms with Gasteiger partial charge in [-0.15, -0.1) is 15.3 Å².